The van der Waals surface area contributed by atoms with Gasteiger partial charge in [0.05, 0.1) is 22.3 Å². The first kappa shape index (κ1) is 23.0. The molecule has 2 N–H and O–H groups in total. The molecule has 4 aromatic rings. The molecule has 0 aliphatic carbocycles. The minimum absolute atomic E-state index is 0.113. The first-order chi connectivity index (χ1) is 17.9. The molecule has 186 valence electrons. The zero-order valence-corrected chi connectivity index (χ0v) is 20.7. The van der Waals surface area contributed by atoms with Crippen molar-refractivity contribution in [3.05, 3.63) is 89.2 Å². The lowest BCUT2D eigenvalue weighted by molar-refractivity contribution is -0.116. The summed E-state index contributed by atoms with van der Waals surface area (Å²) < 4.78 is 0. The minimum Gasteiger partial charge on any atom is -0.342 e. The Morgan fingerprint density at radius 1 is 1.00 bits per heavy atom. The number of para-hydroxylation sites is 1. The van der Waals surface area contributed by atoms with Crippen LogP contribution in [0.5, 0.6) is 0 Å². The number of carbonyl (C=O) groups is 3. The molecule has 3 aromatic carbocycles. The van der Waals surface area contributed by atoms with E-state index in [1.165, 1.54) is 0 Å². The number of anilines is 2. The monoisotopic (exact) mass is 493 g/mol. The third-order valence-corrected chi connectivity index (χ3v) is 7.02. The van der Waals surface area contributed by atoms with E-state index in [1.54, 1.807) is 28.0 Å². The number of rotatable bonds is 6. The fraction of sp³-hybridized carbons (Fsp3) is 0.241. The Hall–Kier alpha value is -4.46. The third-order valence-electron chi connectivity index (χ3n) is 7.02. The van der Waals surface area contributed by atoms with Gasteiger partial charge < -0.3 is 15.2 Å². The van der Waals surface area contributed by atoms with Crippen LogP contribution in [-0.4, -0.2) is 39.1 Å². The number of aromatic nitrogens is 2. The molecular weight excluding hydrogens is 466 g/mol. The van der Waals surface area contributed by atoms with E-state index in [9.17, 15) is 14.4 Å². The highest BCUT2D eigenvalue weighted by atomic mass is 16.2. The van der Waals surface area contributed by atoms with Crippen LogP contribution in [0.1, 0.15) is 70.9 Å². The van der Waals surface area contributed by atoms with Crippen LogP contribution >= 0.6 is 0 Å². The highest BCUT2D eigenvalue weighted by Crippen LogP contribution is 2.45. The van der Waals surface area contributed by atoms with Crippen molar-refractivity contribution < 1.29 is 14.4 Å². The molecule has 1 aromatic heterocycles. The maximum absolute atomic E-state index is 13.5. The molecule has 2 aliphatic heterocycles. The summed E-state index contributed by atoms with van der Waals surface area (Å²) in [5.41, 5.74) is 4.98. The molecule has 0 saturated carbocycles. The van der Waals surface area contributed by atoms with E-state index in [1.807, 2.05) is 48.5 Å². The van der Waals surface area contributed by atoms with E-state index in [0.717, 1.165) is 22.4 Å². The number of benzene rings is 3. The fourth-order valence-corrected chi connectivity index (χ4v) is 5.21. The smallest absolute Gasteiger partial charge is 0.260 e. The molecule has 6 rings (SSSR count). The molecule has 3 amide bonds. The number of hydrogen-bond donors (Lipinski definition) is 2. The topological polar surface area (TPSA) is 98.4 Å². The van der Waals surface area contributed by atoms with E-state index in [0.29, 0.717) is 35.5 Å². The largest absolute Gasteiger partial charge is 0.342 e. The molecule has 0 bridgehead atoms. The van der Waals surface area contributed by atoms with Crippen molar-refractivity contribution in [3.8, 4) is 0 Å². The van der Waals surface area contributed by atoms with Crippen LogP contribution in [0, 0.1) is 0 Å². The number of imidazole rings is 1. The molecule has 0 saturated heterocycles. The van der Waals surface area contributed by atoms with Gasteiger partial charge in [-0.25, -0.2) is 4.98 Å². The maximum Gasteiger partial charge on any atom is 0.260 e. The van der Waals surface area contributed by atoms with E-state index < -0.39 is 6.17 Å². The van der Waals surface area contributed by atoms with Gasteiger partial charge in [0.15, 0.2) is 0 Å². The first-order valence-corrected chi connectivity index (χ1v) is 12.5. The van der Waals surface area contributed by atoms with Gasteiger partial charge in [-0.1, -0.05) is 44.2 Å². The summed E-state index contributed by atoms with van der Waals surface area (Å²) in [4.78, 5) is 50.8. The van der Waals surface area contributed by atoms with Crippen molar-refractivity contribution in [2.24, 2.45) is 0 Å². The molecule has 1 atom stereocenters. The van der Waals surface area contributed by atoms with Gasteiger partial charge in [0.2, 0.25) is 5.91 Å². The lowest BCUT2D eigenvalue weighted by Gasteiger charge is -2.41. The quantitative estimate of drug-likeness (QED) is 0.385. The Morgan fingerprint density at radius 2 is 1.76 bits per heavy atom. The summed E-state index contributed by atoms with van der Waals surface area (Å²) in [6, 6.07) is 20.2. The Kier molecular flexibility index (Phi) is 5.52. The predicted molar refractivity (Wildman–Crippen MR) is 142 cm³/mol. The molecule has 0 unspecified atom stereocenters. The van der Waals surface area contributed by atoms with E-state index in [-0.39, 0.29) is 30.1 Å². The molecule has 0 spiro atoms. The summed E-state index contributed by atoms with van der Waals surface area (Å²) in [6.07, 6.45) is 0.197. The van der Waals surface area contributed by atoms with Crippen LogP contribution in [0.25, 0.3) is 11.0 Å². The molecule has 3 heterocycles. The van der Waals surface area contributed by atoms with Gasteiger partial charge in [0.25, 0.3) is 11.8 Å². The summed E-state index contributed by atoms with van der Waals surface area (Å²) in [5.74, 6) is 0.818. The summed E-state index contributed by atoms with van der Waals surface area (Å²) in [7, 11) is 0. The molecule has 0 fully saturated rings. The lowest BCUT2D eigenvalue weighted by atomic mass is 10.0. The minimum atomic E-state index is -0.507. The number of H-pyrrole nitrogens is 1. The van der Waals surface area contributed by atoms with Gasteiger partial charge in [-0.15, -0.1) is 0 Å². The van der Waals surface area contributed by atoms with Crippen molar-refractivity contribution in [1.82, 2.24) is 14.9 Å². The second-order valence-corrected chi connectivity index (χ2v) is 9.81. The van der Waals surface area contributed by atoms with Crippen LogP contribution in [0.3, 0.4) is 0 Å². The van der Waals surface area contributed by atoms with E-state index >= 15 is 0 Å². The van der Waals surface area contributed by atoms with Crippen molar-refractivity contribution >= 4 is 40.1 Å². The third kappa shape index (κ3) is 3.85. The van der Waals surface area contributed by atoms with Crippen LogP contribution in [0.4, 0.5) is 11.4 Å². The van der Waals surface area contributed by atoms with Crippen molar-refractivity contribution in [1.29, 1.82) is 0 Å². The fourth-order valence-electron chi connectivity index (χ4n) is 5.21. The SMILES string of the molecule is CC(C)c1nc2ccc(NC(=O)CCCN3C(=O)c4ccccc4N4C(=O)c5ccccc5[C@H]34)cc2[nH]1. The number of amides is 3. The number of nitrogens with zero attached hydrogens (tertiary/aromatic N) is 3. The molecule has 37 heavy (non-hydrogen) atoms. The summed E-state index contributed by atoms with van der Waals surface area (Å²) in [6.45, 7) is 4.50. The Morgan fingerprint density at radius 3 is 2.57 bits per heavy atom. The zero-order chi connectivity index (χ0) is 25.7. The standard InChI is InChI=1S/C29H27N5O3/c1-17(2)26-31-22-14-13-18(16-23(22)32-26)30-25(35)12-7-15-33-27-19-8-3-4-9-20(19)29(37)34(27)24-11-6-5-10-21(24)28(33)36/h3-6,8-11,13-14,16-17,27H,7,12,15H2,1-2H3,(H,30,35)(H,31,32)/t27-/m1/s1. The van der Waals surface area contributed by atoms with Crippen LogP contribution < -0.4 is 10.2 Å². The van der Waals surface area contributed by atoms with Crippen LogP contribution in [0.2, 0.25) is 0 Å². The summed E-state index contributed by atoms with van der Waals surface area (Å²) >= 11 is 0. The molecule has 2 aliphatic rings. The van der Waals surface area contributed by atoms with E-state index in [2.05, 4.69) is 29.1 Å². The van der Waals surface area contributed by atoms with Gasteiger partial charge >= 0.3 is 0 Å². The van der Waals surface area contributed by atoms with Gasteiger partial charge in [-0.3, -0.25) is 19.3 Å². The number of fused-ring (bicyclic) bond motifs is 6. The highest BCUT2D eigenvalue weighted by molar-refractivity contribution is 6.16. The van der Waals surface area contributed by atoms with Crippen LogP contribution in [0.15, 0.2) is 66.7 Å². The number of aromatic amines is 1. The maximum atomic E-state index is 13.5. The van der Waals surface area contributed by atoms with Gasteiger partial charge in [0, 0.05) is 35.7 Å². The van der Waals surface area contributed by atoms with Crippen molar-refractivity contribution in [2.45, 2.75) is 38.8 Å². The molecule has 0 radical (unpaired) electrons. The average molecular weight is 494 g/mol. The zero-order valence-electron chi connectivity index (χ0n) is 20.7. The Balaban J connectivity index is 1.18. The summed E-state index contributed by atoms with van der Waals surface area (Å²) in [5, 5.41) is 2.95. The second-order valence-electron chi connectivity index (χ2n) is 9.81. The van der Waals surface area contributed by atoms with E-state index in [4.69, 9.17) is 0 Å². The first-order valence-electron chi connectivity index (χ1n) is 12.5. The Bertz CT molecular complexity index is 1560. The lowest BCUT2D eigenvalue weighted by Crippen LogP contribution is -2.48. The number of hydrogen-bond acceptors (Lipinski definition) is 4. The van der Waals surface area contributed by atoms with Gasteiger partial charge in [-0.2, -0.15) is 0 Å². The number of carbonyl (C=O) groups excluding carboxylic acids is 3. The van der Waals surface area contributed by atoms with Crippen molar-refractivity contribution in [3.63, 3.8) is 0 Å². The van der Waals surface area contributed by atoms with Crippen molar-refractivity contribution in [2.75, 3.05) is 16.8 Å². The number of nitrogens with one attached hydrogen (secondary N) is 2. The average Bonchev–Trinajstić information content (AvgIpc) is 3.45. The van der Waals surface area contributed by atoms with Gasteiger partial charge in [0.1, 0.15) is 12.0 Å². The molecule has 8 heteroatoms. The van der Waals surface area contributed by atoms with Crippen LogP contribution in [-0.2, 0) is 4.79 Å². The normalized spacial score (nSPS) is 16.2. The van der Waals surface area contributed by atoms with Gasteiger partial charge in [-0.05, 0) is 42.8 Å². The predicted octanol–water partition coefficient (Wildman–Crippen LogP) is 5.22. The second kappa shape index (κ2) is 8.89. The Labute approximate surface area is 214 Å². The molecular formula is C29H27N5O3. The molecule has 8 nitrogen and oxygen atoms in total. The highest BCUT2D eigenvalue weighted by Gasteiger charge is 2.47.